The smallest absolute Gasteiger partial charge is 0.244 e. The Morgan fingerprint density at radius 1 is 0.840 bits per heavy atom. The third-order valence-electron chi connectivity index (χ3n) is 13.5. The zero-order valence-electron chi connectivity index (χ0n) is 43.1. The molecule has 0 spiro atoms. The first-order valence-electron chi connectivity index (χ1n) is 25.4. The van der Waals surface area contributed by atoms with Crippen LogP contribution >= 0.6 is 21.6 Å². The lowest BCUT2D eigenvalue weighted by Gasteiger charge is -2.30. The molecule has 3 heterocycles. The van der Waals surface area contributed by atoms with Gasteiger partial charge in [0.1, 0.15) is 48.0 Å². The first-order valence-corrected chi connectivity index (χ1v) is 27.9. The number of hydrogen-bond acceptors (Lipinski definition) is 14. The van der Waals surface area contributed by atoms with E-state index in [1.165, 1.54) is 38.6 Å². The van der Waals surface area contributed by atoms with Gasteiger partial charge in [0.15, 0.2) is 0 Å². The minimum Gasteiger partial charge on any atom is -0.508 e. The predicted octanol–water partition coefficient (Wildman–Crippen LogP) is -0.187. The van der Waals surface area contributed by atoms with E-state index in [2.05, 4.69) is 42.5 Å². The summed E-state index contributed by atoms with van der Waals surface area (Å²) in [6.45, 7) is 8.62. The Morgan fingerprint density at radius 2 is 1.55 bits per heavy atom. The summed E-state index contributed by atoms with van der Waals surface area (Å²) in [6.07, 6.45) is 10.4. The van der Waals surface area contributed by atoms with Crippen LogP contribution in [-0.4, -0.2) is 142 Å². The van der Waals surface area contributed by atoms with Gasteiger partial charge in [-0.1, -0.05) is 99.1 Å². The summed E-state index contributed by atoms with van der Waals surface area (Å²) in [5.41, 5.74) is 12.2. The van der Waals surface area contributed by atoms with Crippen LogP contribution < -0.4 is 54.0 Å². The van der Waals surface area contributed by atoms with Crippen molar-refractivity contribution in [2.24, 2.45) is 35.1 Å². The molecule has 22 nitrogen and oxygen atoms in total. The number of benzene rings is 1. The molecule has 0 saturated carbocycles. The molecule has 0 bridgehead atoms. The lowest BCUT2D eigenvalue weighted by molar-refractivity contribution is -0.141. The Bertz CT molecular complexity index is 2370. The van der Waals surface area contributed by atoms with E-state index < -0.39 is 114 Å². The van der Waals surface area contributed by atoms with Crippen molar-refractivity contribution in [3.05, 3.63) is 65.9 Å². The molecule has 2 fully saturated rings. The summed E-state index contributed by atoms with van der Waals surface area (Å²) in [5.74, 6) is -8.18. The highest BCUT2D eigenvalue weighted by molar-refractivity contribution is 8.76. The quantitative estimate of drug-likeness (QED) is 0.0850. The first kappa shape index (κ1) is 59.3. The highest BCUT2D eigenvalue weighted by atomic mass is 33.1. The van der Waals surface area contributed by atoms with Gasteiger partial charge in [0.05, 0.1) is 12.6 Å². The zero-order chi connectivity index (χ0) is 54.9. The molecule has 2 saturated heterocycles. The fourth-order valence-electron chi connectivity index (χ4n) is 9.08. The lowest BCUT2D eigenvalue weighted by atomic mass is 9.87. The van der Waals surface area contributed by atoms with Crippen LogP contribution in [0.1, 0.15) is 85.1 Å². The molecule has 11 atom stereocenters. The molecule has 3 aliphatic heterocycles. The van der Waals surface area contributed by atoms with E-state index in [1.54, 1.807) is 39.1 Å². The van der Waals surface area contributed by atoms with E-state index in [9.17, 15) is 53.1 Å². The number of phenolic OH excluding ortho intramolecular Hbond substituents is 1. The molecule has 0 radical (unpaired) electrons. The number of fused-ring (bicyclic) bond motifs is 2. The monoisotopic (exact) mass is 1080 g/mol. The van der Waals surface area contributed by atoms with Crippen molar-refractivity contribution in [2.45, 2.75) is 134 Å². The third kappa shape index (κ3) is 17.5. The Labute approximate surface area is 445 Å². The molecule has 5 rings (SSSR count). The van der Waals surface area contributed by atoms with Crippen molar-refractivity contribution in [1.82, 2.24) is 47.4 Å². The van der Waals surface area contributed by atoms with Gasteiger partial charge in [-0.2, -0.15) is 0 Å². The number of aromatic hydroxyl groups is 1. The number of hydrogen-bond donors (Lipinski definition) is 11. The highest BCUT2D eigenvalue weighted by Crippen LogP contribution is 2.31. The molecular formula is C51H73N11O11S2. The molecule has 4 aliphatic rings. The number of phenols is 1. The van der Waals surface area contributed by atoms with E-state index in [4.69, 9.17) is 11.5 Å². The van der Waals surface area contributed by atoms with Crippen molar-refractivity contribution in [3.8, 4) is 5.75 Å². The molecule has 410 valence electrons. The fraction of sp³-hybridized carbons (Fsp3) is 0.569. The van der Waals surface area contributed by atoms with Crippen LogP contribution in [0.5, 0.6) is 5.75 Å². The maximum Gasteiger partial charge on any atom is 0.244 e. The molecule has 0 aromatic heterocycles. The molecule has 1 aromatic carbocycles. The minimum absolute atomic E-state index is 0.00106. The van der Waals surface area contributed by atoms with E-state index in [0.29, 0.717) is 31.4 Å². The second-order valence-electron chi connectivity index (χ2n) is 19.9. The topological polar surface area (TPSA) is 342 Å². The molecule has 24 heteroatoms. The predicted molar refractivity (Wildman–Crippen MR) is 283 cm³/mol. The summed E-state index contributed by atoms with van der Waals surface area (Å²) in [6, 6.07) is -2.49. The van der Waals surface area contributed by atoms with Gasteiger partial charge >= 0.3 is 0 Å². The first-order chi connectivity index (χ1) is 35.6. The van der Waals surface area contributed by atoms with E-state index in [-0.39, 0.29) is 73.1 Å². The van der Waals surface area contributed by atoms with Crippen LogP contribution in [0, 0.1) is 23.7 Å². The highest BCUT2D eigenvalue weighted by Gasteiger charge is 2.40. The number of allylic oxidation sites excluding steroid dienone is 2. The van der Waals surface area contributed by atoms with Crippen molar-refractivity contribution >= 4 is 80.7 Å². The molecule has 10 amide bonds. The van der Waals surface area contributed by atoms with Crippen LogP contribution in [0.4, 0.5) is 0 Å². The van der Waals surface area contributed by atoms with Gasteiger partial charge in [0.2, 0.25) is 59.1 Å². The zero-order valence-corrected chi connectivity index (χ0v) is 44.7. The van der Waals surface area contributed by atoms with Crippen molar-refractivity contribution in [1.29, 1.82) is 0 Å². The van der Waals surface area contributed by atoms with Crippen molar-refractivity contribution in [3.63, 3.8) is 0 Å². The summed E-state index contributed by atoms with van der Waals surface area (Å²) >= 11 is 0. The van der Waals surface area contributed by atoms with Crippen LogP contribution in [0.2, 0.25) is 0 Å². The average Bonchev–Trinajstić information content (AvgIpc) is 4.03. The SMILES string of the molecule is CCC(C)[C@H](NC(=O)[C@H](CC1=CNC2C=CC=CC12)NC(=O)[C@@H]1CSSC[C@H](C)C(=O)N2CCC[C@H]2C(=O)N[C@@H](Cc2ccc(O)cc2)C(=O)NCC(=O)N[C@@H](CC(C)C)C(=O)N1)C(=O)N[C@@H](CCC(N)=O)C(N)=O. The van der Waals surface area contributed by atoms with Gasteiger partial charge in [0, 0.05) is 42.7 Å². The number of nitrogens with two attached hydrogens (primary N) is 2. The molecule has 13 N–H and O–H groups in total. The maximum absolute atomic E-state index is 14.7. The summed E-state index contributed by atoms with van der Waals surface area (Å²) in [4.78, 5) is 138. The van der Waals surface area contributed by atoms with Gasteiger partial charge < -0.3 is 64.0 Å². The van der Waals surface area contributed by atoms with E-state index >= 15 is 0 Å². The molecule has 3 unspecified atom stereocenters. The fourth-order valence-corrected chi connectivity index (χ4v) is 11.6. The van der Waals surface area contributed by atoms with Crippen molar-refractivity contribution < 1.29 is 53.1 Å². The number of primary amides is 2. The van der Waals surface area contributed by atoms with Gasteiger partial charge in [-0.05, 0) is 73.4 Å². The van der Waals surface area contributed by atoms with E-state index in [0.717, 1.165) is 5.57 Å². The normalized spacial score (nSPS) is 25.3. The molecule has 1 aromatic rings. The average molecular weight is 1080 g/mol. The van der Waals surface area contributed by atoms with Crippen molar-refractivity contribution in [2.75, 3.05) is 24.6 Å². The summed E-state index contributed by atoms with van der Waals surface area (Å²) in [7, 11) is 2.45. The third-order valence-corrected chi connectivity index (χ3v) is 16.1. The Balaban J connectivity index is 1.43. The summed E-state index contributed by atoms with van der Waals surface area (Å²) in [5, 5.41) is 32.1. The number of amides is 10. The van der Waals surface area contributed by atoms with Gasteiger partial charge in [-0.15, -0.1) is 0 Å². The van der Waals surface area contributed by atoms with Crippen LogP contribution in [0.15, 0.2) is 60.3 Å². The second-order valence-corrected chi connectivity index (χ2v) is 22.5. The second kappa shape index (κ2) is 28.4. The van der Waals surface area contributed by atoms with Gasteiger partial charge in [0.25, 0.3) is 0 Å². The Kier molecular flexibility index (Phi) is 22.4. The Morgan fingerprint density at radius 3 is 2.23 bits per heavy atom. The van der Waals surface area contributed by atoms with Crippen LogP contribution in [0.25, 0.3) is 0 Å². The van der Waals surface area contributed by atoms with E-state index in [1.807, 2.05) is 38.2 Å². The number of nitrogens with zero attached hydrogens (tertiary/aromatic N) is 1. The van der Waals surface area contributed by atoms with Crippen LogP contribution in [0.3, 0.4) is 0 Å². The maximum atomic E-state index is 14.7. The minimum atomic E-state index is -1.34. The van der Waals surface area contributed by atoms with Crippen LogP contribution in [-0.2, 0) is 54.4 Å². The Hall–Kier alpha value is -6.56. The lowest BCUT2D eigenvalue weighted by Crippen LogP contribution is -2.60. The molecule has 1 aliphatic carbocycles. The number of nitrogens with one attached hydrogen (secondary N) is 8. The molecular weight excluding hydrogens is 1010 g/mol. The summed E-state index contributed by atoms with van der Waals surface area (Å²) < 4.78 is 0. The van der Waals surface area contributed by atoms with Gasteiger partial charge in [-0.25, -0.2) is 0 Å². The number of carbonyl (C=O) groups is 10. The molecule has 75 heavy (non-hydrogen) atoms. The standard InChI is InChI=1S/C51H73N11O11S2/c1-6-28(4)43(50(72)57-35(44(53)66)17-18-41(52)64)61-47(69)38(22-31-23-54-34-11-8-7-10-33(31)34)58-48(70)39-26-75-74-25-29(5)51(73)62-19-9-12-40(62)49(71)59-37(21-30-13-15-32(63)16-14-30)45(67)55-24-42(65)56-36(20-27(2)3)46(68)60-39/h7-8,10-11,13-16,23,27-29,33-40,43,54,63H,6,9,12,17-22,24-26H2,1-5H3,(H2,52,64)(H2,53,66)(H,55,67)(H,56,65)(H,57,72)(H,58,70)(H,59,71)(H,60,68)(H,61,69)/t28?,29-,33?,34?,35-,36-,37-,38-,39-,40-,43-/m0/s1. The number of rotatable bonds is 18. The largest absolute Gasteiger partial charge is 0.508 e. The number of carbonyl (C=O) groups excluding carboxylic acids is 10. The van der Waals surface area contributed by atoms with Gasteiger partial charge in [-0.3, -0.25) is 47.9 Å².